The largest absolute Gasteiger partial charge is 0.385 e. The Kier molecular flexibility index (Phi) is 2.79. The molecule has 1 saturated heterocycles. The average molecular weight is 198 g/mol. The van der Waals surface area contributed by atoms with Crippen LogP contribution in [0.2, 0.25) is 0 Å². The van der Waals surface area contributed by atoms with E-state index in [1.165, 1.54) is 0 Å². The lowest BCUT2D eigenvalue weighted by atomic mass is 10.2. The third-order valence-corrected chi connectivity index (χ3v) is 2.28. The van der Waals surface area contributed by atoms with Crippen LogP contribution in [0.1, 0.15) is 37.6 Å². The van der Waals surface area contributed by atoms with Gasteiger partial charge in [0.25, 0.3) is 0 Å². The summed E-state index contributed by atoms with van der Waals surface area (Å²) in [4.78, 5) is 4.07. The summed E-state index contributed by atoms with van der Waals surface area (Å²) in [5.41, 5.74) is 0. The van der Waals surface area contributed by atoms with E-state index in [0.29, 0.717) is 18.1 Å². The van der Waals surface area contributed by atoms with E-state index in [9.17, 15) is 5.11 Å². The molecule has 0 saturated carbocycles. The predicted molar refractivity (Wildman–Crippen MR) is 47.6 cm³/mol. The minimum atomic E-state index is -0.669. The van der Waals surface area contributed by atoms with Gasteiger partial charge in [0.2, 0.25) is 5.89 Å². The molecule has 1 fully saturated rings. The minimum Gasteiger partial charge on any atom is -0.385 e. The molecule has 0 spiro atoms. The number of aliphatic hydroxyl groups is 1. The van der Waals surface area contributed by atoms with Crippen LogP contribution in [-0.2, 0) is 11.2 Å². The maximum absolute atomic E-state index is 9.18. The van der Waals surface area contributed by atoms with Crippen molar-refractivity contribution in [3.63, 3.8) is 0 Å². The van der Waals surface area contributed by atoms with Crippen molar-refractivity contribution in [1.29, 1.82) is 0 Å². The molecule has 14 heavy (non-hydrogen) atoms. The fourth-order valence-corrected chi connectivity index (χ4v) is 1.52. The van der Waals surface area contributed by atoms with Crippen molar-refractivity contribution in [2.45, 2.75) is 38.4 Å². The van der Waals surface area contributed by atoms with E-state index in [-0.39, 0.29) is 6.10 Å². The molecule has 0 bridgehead atoms. The molecule has 1 aromatic heterocycles. The molecule has 78 valence electrons. The Morgan fingerprint density at radius 1 is 1.64 bits per heavy atom. The molecule has 5 heteroatoms. The van der Waals surface area contributed by atoms with Gasteiger partial charge >= 0.3 is 0 Å². The van der Waals surface area contributed by atoms with E-state index in [0.717, 1.165) is 19.4 Å². The van der Waals surface area contributed by atoms with Crippen LogP contribution in [0.3, 0.4) is 0 Å². The van der Waals surface area contributed by atoms with Crippen LogP contribution in [0.25, 0.3) is 0 Å². The number of rotatable bonds is 3. The predicted octanol–water partition coefficient (Wildman–Crippen LogP) is 0.844. The van der Waals surface area contributed by atoms with Crippen molar-refractivity contribution >= 4 is 0 Å². The molecule has 0 aromatic carbocycles. The first kappa shape index (κ1) is 9.61. The van der Waals surface area contributed by atoms with Crippen LogP contribution in [0, 0.1) is 0 Å². The van der Waals surface area contributed by atoms with Gasteiger partial charge in [0.05, 0.1) is 12.5 Å². The smallest absolute Gasteiger partial charge is 0.229 e. The first-order chi connectivity index (χ1) is 6.75. The second-order valence-corrected chi connectivity index (χ2v) is 3.56. The fourth-order valence-electron chi connectivity index (χ4n) is 1.52. The third-order valence-electron chi connectivity index (χ3n) is 2.28. The van der Waals surface area contributed by atoms with Crippen LogP contribution >= 0.6 is 0 Å². The maximum Gasteiger partial charge on any atom is 0.229 e. The van der Waals surface area contributed by atoms with E-state index < -0.39 is 6.10 Å². The van der Waals surface area contributed by atoms with Crippen LogP contribution in [-0.4, -0.2) is 28.0 Å². The van der Waals surface area contributed by atoms with Gasteiger partial charge in [-0.3, -0.25) is 0 Å². The minimum absolute atomic E-state index is 0.206. The van der Waals surface area contributed by atoms with Gasteiger partial charge in [0.1, 0.15) is 6.10 Å². The number of aliphatic hydroxyl groups excluding tert-OH is 1. The highest BCUT2D eigenvalue weighted by molar-refractivity contribution is 4.91. The number of hydrogen-bond donors (Lipinski definition) is 1. The van der Waals surface area contributed by atoms with Crippen LogP contribution < -0.4 is 0 Å². The van der Waals surface area contributed by atoms with Crippen LogP contribution in [0.5, 0.6) is 0 Å². The summed E-state index contributed by atoms with van der Waals surface area (Å²) in [6, 6.07) is 0. The van der Waals surface area contributed by atoms with Gasteiger partial charge in [-0.2, -0.15) is 4.98 Å². The van der Waals surface area contributed by atoms with Crippen LogP contribution in [0.4, 0.5) is 0 Å². The highest BCUT2D eigenvalue weighted by atomic mass is 16.5. The van der Waals surface area contributed by atoms with Crippen molar-refractivity contribution < 1.29 is 14.4 Å². The van der Waals surface area contributed by atoms with E-state index >= 15 is 0 Å². The SMILES string of the molecule is CC(O)c1noc(CC2CCCO2)n1. The zero-order valence-corrected chi connectivity index (χ0v) is 8.14. The quantitative estimate of drug-likeness (QED) is 0.779. The first-order valence-corrected chi connectivity index (χ1v) is 4.88. The lowest BCUT2D eigenvalue weighted by molar-refractivity contribution is 0.104. The summed E-state index contributed by atoms with van der Waals surface area (Å²) in [7, 11) is 0. The molecule has 1 aliphatic heterocycles. The van der Waals surface area contributed by atoms with Crippen molar-refractivity contribution in [1.82, 2.24) is 10.1 Å². The summed E-state index contributed by atoms with van der Waals surface area (Å²) in [6.07, 6.45) is 2.34. The number of ether oxygens (including phenoxy) is 1. The summed E-state index contributed by atoms with van der Waals surface area (Å²) >= 11 is 0. The maximum atomic E-state index is 9.18. The zero-order valence-electron chi connectivity index (χ0n) is 8.14. The number of hydrogen-bond acceptors (Lipinski definition) is 5. The Labute approximate surface area is 82.1 Å². The monoisotopic (exact) mass is 198 g/mol. The summed E-state index contributed by atoms with van der Waals surface area (Å²) in [5, 5.41) is 12.8. The van der Waals surface area contributed by atoms with E-state index in [2.05, 4.69) is 10.1 Å². The molecule has 2 heterocycles. The molecule has 2 rings (SSSR count). The number of aromatic nitrogens is 2. The molecule has 0 amide bonds. The Morgan fingerprint density at radius 2 is 2.50 bits per heavy atom. The Bertz CT molecular complexity index is 292. The molecule has 0 aliphatic carbocycles. The van der Waals surface area contributed by atoms with Gasteiger partial charge in [-0.15, -0.1) is 0 Å². The van der Waals surface area contributed by atoms with Gasteiger partial charge in [-0.1, -0.05) is 5.16 Å². The standard InChI is InChI=1S/C9H14N2O3/c1-6(12)9-10-8(14-11-9)5-7-3-2-4-13-7/h6-7,12H,2-5H2,1H3. The van der Waals surface area contributed by atoms with E-state index in [1.807, 2.05) is 0 Å². The zero-order chi connectivity index (χ0) is 9.97. The molecule has 1 aromatic rings. The summed E-state index contributed by atoms with van der Waals surface area (Å²) in [5.74, 6) is 0.894. The van der Waals surface area contributed by atoms with Gasteiger partial charge in [0.15, 0.2) is 5.82 Å². The van der Waals surface area contributed by atoms with Crippen molar-refractivity contribution in [3.05, 3.63) is 11.7 Å². The Morgan fingerprint density at radius 3 is 3.07 bits per heavy atom. The molecule has 5 nitrogen and oxygen atoms in total. The first-order valence-electron chi connectivity index (χ1n) is 4.88. The van der Waals surface area contributed by atoms with Gasteiger partial charge in [-0.05, 0) is 19.8 Å². The second-order valence-electron chi connectivity index (χ2n) is 3.56. The van der Waals surface area contributed by atoms with E-state index in [1.54, 1.807) is 6.92 Å². The normalized spacial score (nSPS) is 24.0. The Hall–Kier alpha value is -0.940. The van der Waals surface area contributed by atoms with Gasteiger partial charge < -0.3 is 14.4 Å². The van der Waals surface area contributed by atoms with Crippen LogP contribution in [0.15, 0.2) is 4.52 Å². The Balaban J connectivity index is 1.95. The van der Waals surface area contributed by atoms with Crippen molar-refractivity contribution in [3.8, 4) is 0 Å². The molecular weight excluding hydrogens is 184 g/mol. The lowest BCUT2D eigenvalue weighted by Gasteiger charge is -2.03. The third kappa shape index (κ3) is 2.10. The summed E-state index contributed by atoms with van der Waals surface area (Å²) < 4.78 is 10.4. The average Bonchev–Trinajstić information content (AvgIpc) is 2.75. The number of nitrogens with zero attached hydrogens (tertiary/aromatic N) is 2. The fraction of sp³-hybridized carbons (Fsp3) is 0.778. The molecular formula is C9H14N2O3. The second kappa shape index (κ2) is 4.06. The topological polar surface area (TPSA) is 68.4 Å². The highest BCUT2D eigenvalue weighted by Crippen LogP contribution is 2.17. The van der Waals surface area contributed by atoms with Gasteiger partial charge in [-0.25, -0.2) is 0 Å². The molecule has 0 radical (unpaired) electrons. The van der Waals surface area contributed by atoms with Crippen molar-refractivity contribution in [2.24, 2.45) is 0 Å². The van der Waals surface area contributed by atoms with Gasteiger partial charge in [0, 0.05) is 6.61 Å². The molecule has 2 atom stereocenters. The molecule has 1 N–H and O–H groups in total. The lowest BCUT2D eigenvalue weighted by Crippen LogP contribution is -2.09. The van der Waals surface area contributed by atoms with Crippen molar-refractivity contribution in [2.75, 3.05) is 6.61 Å². The van der Waals surface area contributed by atoms with E-state index in [4.69, 9.17) is 9.26 Å². The summed E-state index contributed by atoms with van der Waals surface area (Å²) in [6.45, 7) is 2.43. The highest BCUT2D eigenvalue weighted by Gasteiger charge is 2.20. The molecule has 1 aliphatic rings. The molecule has 2 unspecified atom stereocenters.